The molecule has 0 aliphatic rings. The predicted molar refractivity (Wildman–Crippen MR) is 133 cm³/mol. The Balaban J connectivity index is 1.49. The molecule has 3 aromatic carbocycles. The number of nitrogens with one attached hydrogen (secondary N) is 1. The number of hydrogen-bond acceptors (Lipinski definition) is 4. The Bertz CT molecular complexity index is 1310. The lowest BCUT2D eigenvalue weighted by atomic mass is 10.0. The van der Waals surface area contributed by atoms with Crippen LogP contribution in [0.1, 0.15) is 22.5 Å². The first kappa shape index (κ1) is 22.3. The fourth-order valence-corrected chi connectivity index (χ4v) is 3.98. The molecule has 166 valence electrons. The summed E-state index contributed by atoms with van der Waals surface area (Å²) >= 11 is 6.18. The molecule has 0 bridgehead atoms. The summed E-state index contributed by atoms with van der Waals surface area (Å²) in [7, 11) is 0. The van der Waals surface area contributed by atoms with Gasteiger partial charge in [0.1, 0.15) is 0 Å². The van der Waals surface area contributed by atoms with Crippen LogP contribution in [0.25, 0.3) is 16.8 Å². The number of hydrazone groups is 1. The van der Waals surface area contributed by atoms with Crippen molar-refractivity contribution in [2.45, 2.75) is 20.4 Å². The summed E-state index contributed by atoms with van der Waals surface area (Å²) in [6, 6.07) is 24.5. The second-order valence-electron chi connectivity index (χ2n) is 7.70. The first-order valence-electron chi connectivity index (χ1n) is 10.5. The number of nitro benzene ring substituents is 1. The van der Waals surface area contributed by atoms with E-state index >= 15 is 0 Å². The van der Waals surface area contributed by atoms with Crippen LogP contribution in [0.2, 0.25) is 5.02 Å². The Hall–Kier alpha value is -3.90. The highest BCUT2D eigenvalue weighted by Gasteiger charge is 2.10. The van der Waals surface area contributed by atoms with Gasteiger partial charge in [-0.15, -0.1) is 0 Å². The second-order valence-corrected chi connectivity index (χ2v) is 8.10. The molecule has 0 aliphatic carbocycles. The molecule has 0 saturated heterocycles. The minimum atomic E-state index is -0.391. The van der Waals surface area contributed by atoms with Crippen LogP contribution in [0.15, 0.2) is 84.0 Å². The number of non-ortho nitro benzene ring substituents is 1. The minimum absolute atomic E-state index is 0.0875. The van der Waals surface area contributed by atoms with Gasteiger partial charge < -0.3 is 9.99 Å². The van der Waals surface area contributed by atoms with E-state index in [1.807, 2.05) is 54.7 Å². The summed E-state index contributed by atoms with van der Waals surface area (Å²) in [5.41, 5.74) is 10.3. The van der Waals surface area contributed by atoms with Gasteiger partial charge in [0.25, 0.3) is 5.69 Å². The predicted octanol–water partition coefficient (Wildman–Crippen LogP) is 6.45. The van der Waals surface area contributed by atoms with E-state index in [2.05, 4.69) is 35.0 Å². The summed E-state index contributed by atoms with van der Waals surface area (Å²) < 4.78 is 2.18. The van der Waals surface area contributed by atoms with Gasteiger partial charge in [-0.2, -0.15) is 5.10 Å². The average molecular weight is 459 g/mol. The fourth-order valence-electron chi connectivity index (χ4n) is 3.78. The molecule has 1 N–H and O–H groups in total. The van der Waals surface area contributed by atoms with Crippen molar-refractivity contribution in [3.8, 4) is 16.8 Å². The third-order valence-corrected chi connectivity index (χ3v) is 5.90. The average Bonchev–Trinajstić information content (AvgIpc) is 3.11. The zero-order valence-corrected chi connectivity index (χ0v) is 19.1. The molecular formula is C26H23ClN4O2. The van der Waals surface area contributed by atoms with Gasteiger partial charge in [0, 0.05) is 39.8 Å². The Morgan fingerprint density at radius 2 is 1.64 bits per heavy atom. The lowest BCUT2D eigenvalue weighted by molar-refractivity contribution is -0.384. The Labute approximate surface area is 197 Å². The van der Waals surface area contributed by atoms with Gasteiger partial charge in [-0.05, 0) is 66.9 Å². The summed E-state index contributed by atoms with van der Waals surface area (Å²) in [4.78, 5) is 10.5. The van der Waals surface area contributed by atoms with E-state index in [1.54, 1.807) is 12.1 Å². The number of rotatable bonds is 7. The number of benzene rings is 3. The Kier molecular flexibility index (Phi) is 6.56. The van der Waals surface area contributed by atoms with Crippen LogP contribution in [-0.2, 0) is 6.54 Å². The van der Waals surface area contributed by atoms with E-state index in [0.717, 1.165) is 44.4 Å². The van der Waals surface area contributed by atoms with Crippen molar-refractivity contribution in [3.63, 3.8) is 0 Å². The number of halogens is 1. The number of hydrogen-bond donors (Lipinski definition) is 1. The van der Waals surface area contributed by atoms with Crippen molar-refractivity contribution in [1.29, 1.82) is 0 Å². The number of nitrogens with zero attached hydrogens (tertiary/aromatic N) is 3. The van der Waals surface area contributed by atoms with Crippen LogP contribution in [-0.4, -0.2) is 15.7 Å². The normalized spacial score (nSPS) is 11.1. The van der Waals surface area contributed by atoms with Gasteiger partial charge in [0.15, 0.2) is 0 Å². The van der Waals surface area contributed by atoms with Crippen molar-refractivity contribution in [2.75, 3.05) is 0 Å². The molecule has 33 heavy (non-hydrogen) atoms. The first-order chi connectivity index (χ1) is 15.9. The standard InChI is InChI=1S/C26H23ClN4O2/c1-18-15-23(17-29-28-16-22-5-3-4-6-26(22)27)19(2)30(18)24-11-7-20(8-12-24)21-9-13-25(14-10-21)31(32)33/h3-15,17,28H,16H2,1-2H3/b29-17-. The summed E-state index contributed by atoms with van der Waals surface area (Å²) in [5, 5.41) is 15.9. The molecule has 0 radical (unpaired) electrons. The molecule has 0 fully saturated rings. The van der Waals surface area contributed by atoms with E-state index in [0.29, 0.717) is 6.54 Å². The van der Waals surface area contributed by atoms with Gasteiger partial charge in [-0.3, -0.25) is 10.1 Å². The SMILES string of the molecule is Cc1cc(/C=N\NCc2ccccc2Cl)c(C)n1-c1ccc(-c2ccc([N+](=O)[O-])cc2)cc1. The van der Waals surface area contributed by atoms with Crippen LogP contribution in [0.3, 0.4) is 0 Å². The van der Waals surface area contributed by atoms with Gasteiger partial charge in [0.05, 0.1) is 17.7 Å². The quantitative estimate of drug-likeness (QED) is 0.196. The lowest BCUT2D eigenvalue weighted by Crippen LogP contribution is -2.06. The molecule has 0 aliphatic heterocycles. The maximum absolute atomic E-state index is 10.9. The monoisotopic (exact) mass is 458 g/mol. The van der Waals surface area contributed by atoms with Crippen LogP contribution in [0.5, 0.6) is 0 Å². The van der Waals surface area contributed by atoms with Crippen LogP contribution in [0.4, 0.5) is 5.69 Å². The summed E-state index contributed by atoms with van der Waals surface area (Å²) in [6.07, 6.45) is 1.82. The van der Waals surface area contributed by atoms with E-state index in [1.165, 1.54) is 12.1 Å². The molecule has 4 aromatic rings. The van der Waals surface area contributed by atoms with E-state index < -0.39 is 4.92 Å². The lowest BCUT2D eigenvalue weighted by Gasteiger charge is -2.11. The number of nitro groups is 1. The summed E-state index contributed by atoms with van der Waals surface area (Å²) in [6.45, 7) is 4.68. The molecule has 1 aromatic heterocycles. The molecule has 7 heteroatoms. The van der Waals surface area contributed by atoms with Crippen molar-refractivity contribution >= 4 is 23.5 Å². The van der Waals surface area contributed by atoms with Crippen molar-refractivity contribution in [1.82, 2.24) is 9.99 Å². The largest absolute Gasteiger partial charge is 0.318 e. The van der Waals surface area contributed by atoms with E-state index in [4.69, 9.17) is 11.6 Å². The Morgan fingerprint density at radius 3 is 2.27 bits per heavy atom. The maximum atomic E-state index is 10.9. The van der Waals surface area contributed by atoms with Gasteiger partial charge in [-0.1, -0.05) is 41.9 Å². The molecule has 1 heterocycles. The highest BCUT2D eigenvalue weighted by atomic mass is 35.5. The molecule has 0 saturated carbocycles. The minimum Gasteiger partial charge on any atom is -0.318 e. The van der Waals surface area contributed by atoms with Crippen molar-refractivity contribution in [2.24, 2.45) is 5.10 Å². The second kappa shape index (κ2) is 9.71. The molecule has 0 spiro atoms. The molecule has 0 amide bonds. The summed E-state index contributed by atoms with van der Waals surface area (Å²) in [5.74, 6) is 0. The van der Waals surface area contributed by atoms with Gasteiger partial charge in [-0.25, -0.2) is 0 Å². The van der Waals surface area contributed by atoms with Crippen LogP contribution >= 0.6 is 11.6 Å². The van der Waals surface area contributed by atoms with E-state index in [9.17, 15) is 10.1 Å². The highest BCUT2D eigenvalue weighted by Crippen LogP contribution is 2.26. The molecule has 4 rings (SSSR count). The number of aromatic nitrogens is 1. The van der Waals surface area contributed by atoms with E-state index in [-0.39, 0.29) is 5.69 Å². The smallest absolute Gasteiger partial charge is 0.269 e. The maximum Gasteiger partial charge on any atom is 0.269 e. The van der Waals surface area contributed by atoms with Crippen molar-refractivity contribution in [3.05, 3.63) is 117 Å². The third-order valence-electron chi connectivity index (χ3n) is 5.53. The Morgan fingerprint density at radius 1 is 1.00 bits per heavy atom. The third kappa shape index (κ3) is 4.96. The van der Waals surface area contributed by atoms with Gasteiger partial charge >= 0.3 is 0 Å². The van der Waals surface area contributed by atoms with Crippen molar-refractivity contribution < 1.29 is 4.92 Å². The van der Waals surface area contributed by atoms with Crippen LogP contribution < -0.4 is 5.43 Å². The molecule has 0 atom stereocenters. The van der Waals surface area contributed by atoms with Crippen LogP contribution in [0, 0.1) is 24.0 Å². The zero-order valence-electron chi connectivity index (χ0n) is 18.3. The zero-order chi connectivity index (χ0) is 23.4. The fraction of sp³-hybridized carbons (Fsp3) is 0.115. The first-order valence-corrected chi connectivity index (χ1v) is 10.9. The molecular weight excluding hydrogens is 436 g/mol. The molecule has 0 unspecified atom stereocenters. The topological polar surface area (TPSA) is 72.5 Å². The highest BCUT2D eigenvalue weighted by molar-refractivity contribution is 6.31. The number of aryl methyl sites for hydroxylation is 1. The molecule has 6 nitrogen and oxygen atoms in total. The van der Waals surface area contributed by atoms with Gasteiger partial charge in [0.2, 0.25) is 0 Å².